The molecule has 21 heavy (non-hydrogen) atoms. The fourth-order valence-corrected chi connectivity index (χ4v) is 2.85. The molecule has 116 valence electrons. The number of hydrogen-bond donors (Lipinski definition) is 1. The topological polar surface area (TPSA) is 62.7 Å². The minimum absolute atomic E-state index is 0.0262. The minimum Gasteiger partial charge on any atom is -0.392 e. The van der Waals surface area contributed by atoms with Crippen molar-refractivity contribution in [2.45, 2.75) is 32.3 Å². The first-order valence-corrected chi connectivity index (χ1v) is 7.58. The van der Waals surface area contributed by atoms with Gasteiger partial charge in [0.25, 0.3) is 5.91 Å². The first-order chi connectivity index (χ1) is 10.2. The number of carbonyl (C=O) groups is 1. The zero-order valence-electron chi connectivity index (χ0n) is 12.6. The molecule has 1 aliphatic heterocycles. The number of ether oxygens (including phenoxy) is 1. The number of aliphatic hydroxyl groups is 1. The van der Waals surface area contributed by atoms with Crippen LogP contribution >= 0.6 is 0 Å². The van der Waals surface area contributed by atoms with Gasteiger partial charge in [-0.2, -0.15) is 0 Å². The summed E-state index contributed by atoms with van der Waals surface area (Å²) in [6.07, 6.45) is 5.95. The number of pyridine rings is 1. The van der Waals surface area contributed by atoms with Gasteiger partial charge in [-0.3, -0.25) is 9.78 Å². The zero-order valence-corrected chi connectivity index (χ0v) is 12.6. The summed E-state index contributed by atoms with van der Waals surface area (Å²) in [6, 6.07) is 3.40. The molecule has 5 nitrogen and oxygen atoms in total. The molecule has 1 N–H and O–H groups in total. The molecule has 1 atom stereocenters. The summed E-state index contributed by atoms with van der Waals surface area (Å²) >= 11 is 0. The van der Waals surface area contributed by atoms with Gasteiger partial charge in [-0.1, -0.05) is 0 Å². The molecule has 5 heteroatoms. The highest BCUT2D eigenvalue weighted by atomic mass is 16.5. The molecule has 0 spiro atoms. The van der Waals surface area contributed by atoms with Gasteiger partial charge in [0.2, 0.25) is 0 Å². The van der Waals surface area contributed by atoms with Gasteiger partial charge in [-0.05, 0) is 49.3 Å². The van der Waals surface area contributed by atoms with Crippen LogP contribution in [0, 0.1) is 5.92 Å². The van der Waals surface area contributed by atoms with E-state index in [0.29, 0.717) is 11.6 Å². The Kier molecular flexibility index (Phi) is 6.14. The highest BCUT2D eigenvalue weighted by Crippen LogP contribution is 2.22. The van der Waals surface area contributed by atoms with E-state index in [2.05, 4.69) is 4.98 Å². The maximum atomic E-state index is 12.5. The first-order valence-electron chi connectivity index (χ1n) is 7.58. The molecule has 2 heterocycles. The van der Waals surface area contributed by atoms with Gasteiger partial charge in [0.05, 0.1) is 6.61 Å². The number of rotatable bonds is 6. The number of likely N-dealkylation sites (tertiary alicyclic amines) is 1. The second-order valence-electron chi connectivity index (χ2n) is 5.60. The molecule has 1 aliphatic rings. The fraction of sp³-hybridized carbons (Fsp3) is 0.625. The molecule has 1 aromatic heterocycles. The predicted molar refractivity (Wildman–Crippen MR) is 79.9 cm³/mol. The number of piperidine rings is 1. The Balaban J connectivity index is 1.94. The lowest BCUT2D eigenvalue weighted by Crippen LogP contribution is -2.40. The lowest BCUT2D eigenvalue weighted by molar-refractivity contribution is 0.0654. The zero-order chi connectivity index (χ0) is 15.1. The van der Waals surface area contributed by atoms with Crippen LogP contribution in [0.4, 0.5) is 0 Å². The molecule has 1 saturated heterocycles. The lowest BCUT2D eigenvalue weighted by Gasteiger charge is -2.32. The third-order valence-corrected chi connectivity index (χ3v) is 3.99. The summed E-state index contributed by atoms with van der Waals surface area (Å²) < 4.78 is 5.09. The van der Waals surface area contributed by atoms with Gasteiger partial charge in [-0.25, -0.2) is 0 Å². The van der Waals surface area contributed by atoms with E-state index in [1.165, 1.54) is 6.42 Å². The van der Waals surface area contributed by atoms with Crippen LogP contribution < -0.4 is 0 Å². The maximum absolute atomic E-state index is 12.5. The van der Waals surface area contributed by atoms with Gasteiger partial charge in [0, 0.05) is 33.0 Å². The highest BCUT2D eigenvalue weighted by Gasteiger charge is 2.24. The SMILES string of the molecule is COCCCC1CCCN(C(=O)c2cc(CO)ccn2)C1. The quantitative estimate of drug-likeness (QED) is 0.813. The third kappa shape index (κ3) is 4.51. The Bertz CT molecular complexity index is 465. The number of amides is 1. The lowest BCUT2D eigenvalue weighted by atomic mass is 9.93. The van der Waals surface area contributed by atoms with Crippen LogP contribution in [0.5, 0.6) is 0 Å². The van der Waals surface area contributed by atoms with Crippen molar-refractivity contribution in [2.75, 3.05) is 26.8 Å². The van der Waals surface area contributed by atoms with E-state index in [9.17, 15) is 4.79 Å². The van der Waals surface area contributed by atoms with Crippen molar-refractivity contribution in [1.29, 1.82) is 0 Å². The molecule has 1 amide bonds. The van der Waals surface area contributed by atoms with E-state index in [4.69, 9.17) is 9.84 Å². The summed E-state index contributed by atoms with van der Waals surface area (Å²) in [5.41, 5.74) is 1.15. The molecular weight excluding hydrogens is 268 g/mol. The summed E-state index contributed by atoms with van der Waals surface area (Å²) in [7, 11) is 1.72. The van der Waals surface area contributed by atoms with Crippen molar-refractivity contribution in [3.8, 4) is 0 Å². The van der Waals surface area contributed by atoms with Crippen LogP contribution in [-0.2, 0) is 11.3 Å². The normalized spacial score (nSPS) is 18.8. The highest BCUT2D eigenvalue weighted by molar-refractivity contribution is 5.92. The maximum Gasteiger partial charge on any atom is 0.272 e. The van der Waals surface area contributed by atoms with Crippen molar-refractivity contribution >= 4 is 5.91 Å². The molecular formula is C16H24N2O3. The molecule has 1 aromatic rings. The summed E-state index contributed by atoms with van der Waals surface area (Å²) in [4.78, 5) is 18.5. The number of aromatic nitrogens is 1. The largest absolute Gasteiger partial charge is 0.392 e. The van der Waals surface area contributed by atoms with Gasteiger partial charge >= 0.3 is 0 Å². The molecule has 1 unspecified atom stereocenters. The Morgan fingerprint density at radius 1 is 1.57 bits per heavy atom. The Hall–Kier alpha value is -1.46. The number of nitrogens with zero attached hydrogens (tertiary/aromatic N) is 2. The standard InChI is InChI=1S/C16H24N2O3/c1-21-9-3-5-13-4-2-8-18(11-13)16(20)15-10-14(12-19)6-7-17-15/h6-7,10,13,19H,2-5,8-9,11-12H2,1H3. The number of aliphatic hydroxyl groups excluding tert-OH is 1. The van der Waals surface area contributed by atoms with Crippen LogP contribution in [-0.4, -0.2) is 47.7 Å². The summed E-state index contributed by atoms with van der Waals surface area (Å²) in [6.45, 7) is 2.31. The molecule has 1 fully saturated rings. The van der Waals surface area contributed by atoms with Crippen molar-refractivity contribution in [1.82, 2.24) is 9.88 Å². The van der Waals surface area contributed by atoms with E-state index in [1.54, 1.807) is 25.4 Å². The van der Waals surface area contributed by atoms with Crippen molar-refractivity contribution in [3.63, 3.8) is 0 Å². The molecule has 2 rings (SSSR count). The van der Waals surface area contributed by atoms with Crippen LogP contribution in [0.25, 0.3) is 0 Å². The number of carbonyl (C=O) groups excluding carboxylic acids is 1. The second-order valence-corrected chi connectivity index (χ2v) is 5.60. The molecule has 0 bridgehead atoms. The number of hydrogen-bond acceptors (Lipinski definition) is 4. The smallest absolute Gasteiger partial charge is 0.272 e. The minimum atomic E-state index is -0.0670. The van der Waals surface area contributed by atoms with Gasteiger partial charge in [-0.15, -0.1) is 0 Å². The van der Waals surface area contributed by atoms with E-state index < -0.39 is 0 Å². The average molecular weight is 292 g/mol. The first kappa shape index (κ1) is 15.9. The molecule has 0 aromatic carbocycles. The van der Waals surface area contributed by atoms with Crippen molar-refractivity contribution < 1.29 is 14.6 Å². The van der Waals surface area contributed by atoms with E-state index >= 15 is 0 Å². The van der Waals surface area contributed by atoms with Gasteiger partial charge < -0.3 is 14.7 Å². The third-order valence-electron chi connectivity index (χ3n) is 3.99. The number of methoxy groups -OCH3 is 1. The Labute approximate surface area is 125 Å². The molecule has 0 saturated carbocycles. The van der Waals surface area contributed by atoms with Crippen LogP contribution in [0.15, 0.2) is 18.3 Å². The van der Waals surface area contributed by atoms with Gasteiger partial charge in [0.1, 0.15) is 5.69 Å². The average Bonchev–Trinajstić information content (AvgIpc) is 2.55. The van der Waals surface area contributed by atoms with E-state index in [0.717, 1.165) is 44.5 Å². The van der Waals surface area contributed by atoms with Crippen LogP contribution in [0.3, 0.4) is 0 Å². The monoisotopic (exact) mass is 292 g/mol. The van der Waals surface area contributed by atoms with Crippen LogP contribution in [0.1, 0.15) is 41.7 Å². The second kappa shape index (κ2) is 8.10. The van der Waals surface area contributed by atoms with Crippen LogP contribution in [0.2, 0.25) is 0 Å². The Morgan fingerprint density at radius 3 is 3.19 bits per heavy atom. The van der Waals surface area contributed by atoms with Gasteiger partial charge in [0.15, 0.2) is 0 Å². The van der Waals surface area contributed by atoms with E-state index in [1.807, 2.05) is 4.90 Å². The summed E-state index contributed by atoms with van der Waals surface area (Å²) in [5.74, 6) is 0.528. The fourth-order valence-electron chi connectivity index (χ4n) is 2.85. The molecule has 0 radical (unpaired) electrons. The van der Waals surface area contributed by atoms with E-state index in [-0.39, 0.29) is 12.5 Å². The van der Waals surface area contributed by atoms with Crippen molar-refractivity contribution in [2.24, 2.45) is 5.92 Å². The van der Waals surface area contributed by atoms with Crippen molar-refractivity contribution in [3.05, 3.63) is 29.6 Å². The predicted octanol–water partition coefficient (Wildman–Crippen LogP) is 1.85. The Morgan fingerprint density at radius 2 is 2.43 bits per heavy atom. The molecule has 0 aliphatic carbocycles. The summed E-state index contributed by atoms with van der Waals surface area (Å²) in [5, 5.41) is 9.15.